The first-order chi connectivity index (χ1) is 17.5. The highest BCUT2D eigenvalue weighted by Gasteiger charge is 2.74. The van der Waals surface area contributed by atoms with Gasteiger partial charge in [-0.15, -0.1) is 0 Å². The molecule has 8 nitrogen and oxygen atoms in total. The highest BCUT2D eigenvalue weighted by atomic mass is 16.5. The number of rotatable bonds is 5. The van der Waals surface area contributed by atoms with E-state index in [1.165, 1.54) is 0 Å². The van der Waals surface area contributed by atoms with E-state index in [0.717, 1.165) is 16.5 Å². The van der Waals surface area contributed by atoms with Crippen LogP contribution in [0.4, 0.5) is 0 Å². The van der Waals surface area contributed by atoms with Crippen LogP contribution < -0.4 is 5.32 Å². The molecule has 2 N–H and O–H groups in total. The van der Waals surface area contributed by atoms with Crippen molar-refractivity contribution in [1.29, 1.82) is 0 Å². The summed E-state index contributed by atoms with van der Waals surface area (Å²) in [4.78, 5) is 45.5. The van der Waals surface area contributed by atoms with Crippen LogP contribution in [0.5, 0.6) is 0 Å². The maximum atomic E-state index is 14.0. The number of aromatic nitrogens is 1. The Morgan fingerprint density at radius 3 is 2.92 bits per heavy atom. The average molecular weight is 486 g/mol. The van der Waals surface area contributed by atoms with Gasteiger partial charge in [-0.2, -0.15) is 0 Å². The lowest BCUT2D eigenvalue weighted by atomic mass is 9.70. The summed E-state index contributed by atoms with van der Waals surface area (Å²) in [6, 6.07) is 10.7. The van der Waals surface area contributed by atoms with Crippen LogP contribution in [0.3, 0.4) is 0 Å². The molecular weight excluding hydrogens is 458 g/mol. The van der Waals surface area contributed by atoms with Gasteiger partial charge in [-0.3, -0.25) is 14.4 Å². The smallest absolute Gasteiger partial charge is 0.230 e. The van der Waals surface area contributed by atoms with Crippen molar-refractivity contribution in [2.75, 3.05) is 6.54 Å². The molecule has 0 aliphatic carbocycles. The van der Waals surface area contributed by atoms with Crippen LogP contribution in [0.15, 0.2) is 65.4 Å². The molecule has 3 aromatic rings. The van der Waals surface area contributed by atoms with Gasteiger partial charge in [-0.05, 0) is 30.2 Å². The average Bonchev–Trinajstić information content (AvgIpc) is 3.69. The molecule has 0 radical (unpaired) electrons. The molecule has 1 aromatic carbocycles. The fraction of sp³-hybridized carbons (Fsp3) is 0.393. The molecule has 184 valence electrons. The monoisotopic (exact) mass is 485 g/mol. The van der Waals surface area contributed by atoms with E-state index in [1.807, 2.05) is 43.5 Å². The normalized spacial score (nSPS) is 34.4. The van der Waals surface area contributed by atoms with Gasteiger partial charge in [-0.25, -0.2) is 0 Å². The molecule has 2 amide bonds. The number of nitrogens with zero attached hydrogens (tertiary/aromatic N) is 1. The zero-order valence-corrected chi connectivity index (χ0v) is 19.8. The number of benzene rings is 1. The number of carbonyl (C=O) groups is 3. The molecule has 0 saturated carbocycles. The van der Waals surface area contributed by atoms with E-state index in [0.29, 0.717) is 18.7 Å². The molecule has 3 fully saturated rings. The van der Waals surface area contributed by atoms with Crippen molar-refractivity contribution in [3.63, 3.8) is 0 Å². The number of amides is 2. The minimum absolute atomic E-state index is 0.0764. The van der Waals surface area contributed by atoms with Gasteiger partial charge in [0.05, 0.1) is 36.3 Å². The predicted octanol–water partition coefficient (Wildman–Crippen LogP) is 2.92. The summed E-state index contributed by atoms with van der Waals surface area (Å²) in [5, 5.41) is 4.20. The number of piperidine rings is 1. The van der Waals surface area contributed by atoms with Gasteiger partial charge in [0.25, 0.3) is 0 Å². The topological polar surface area (TPSA) is 105 Å². The second-order valence-electron chi connectivity index (χ2n) is 10.4. The molecule has 36 heavy (non-hydrogen) atoms. The van der Waals surface area contributed by atoms with Crippen LogP contribution in [0, 0.1) is 17.8 Å². The fourth-order valence-corrected chi connectivity index (χ4v) is 7.04. The third-order valence-corrected chi connectivity index (χ3v) is 8.62. The molecular formula is C28H27N3O5. The summed E-state index contributed by atoms with van der Waals surface area (Å²) in [6.07, 6.45) is 7.75. The number of H-pyrrole nitrogens is 1. The van der Waals surface area contributed by atoms with Crippen LogP contribution in [-0.2, 0) is 25.5 Å². The Bertz CT molecular complexity index is 1410. The van der Waals surface area contributed by atoms with Gasteiger partial charge in [0, 0.05) is 36.0 Å². The van der Waals surface area contributed by atoms with Crippen LogP contribution in [0.25, 0.3) is 10.9 Å². The van der Waals surface area contributed by atoms with Gasteiger partial charge >= 0.3 is 0 Å². The Kier molecular flexibility index (Phi) is 4.61. The van der Waals surface area contributed by atoms with E-state index in [9.17, 15) is 14.4 Å². The number of aromatic amines is 1. The van der Waals surface area contributed by atoms with E-state index >= 15 is 0 Å². The maximum Gasteiger partial charge on any atom is 0.230 e. The number of Topliss-reactive ketones (excluding diaryl/α,β-unsaturated/α-hetero) is 1. The number of carbonyl (C=O) groups excluding carboxylic acids is 3. The Hall–Kier alpha value is -3.65. The first kappa shape index (κ1) is 21.6. The molecule has 2 aromatic heterocycles. The molecule has 8 heteroatoms. The Labute approximate surface area is 207 Å². The second-order valence-corrected chi connectivity index (χ2v) is 10.4. The van der Waals surface area contributed by atoms with E-state index in [1.54, 1.807) is 23.3 Å². The van der Waals surface area contributed by atoms with Gasteiger partial charge < -0.3 is 24.4 Å². The number of ketones is 1. The van der Waals surface area contributed by atoms with Crippen LogP contribution in [0.1, 0.15) is 30.7 Å². The van der Waals surface area contributed by atoms with Crippen molar-refractivity contribution in [3.05, 3.63) is 72.3 Å². The van der Waals surface area contributed by atoms with E-state index in [2.05, 4.69) is 16.4 Å². The summed E-state index contributed by atoms with van der Waals surface area (Å²) in [7, 11) is 0. The van der Waals surface area contributed by atoms with Crippen molar-refractivity contribution >= 4 is 28.5 Å². The lowest BCUT2D eigenvalue weighted by Crippen LogP contribution is -2.55. The molecule has 6 heterocycles. The Morgan fingerprint density at radius 2 is 2.08 bits per heavy atom. The van der Waals surface area contributed by atoms with Crippen LogP contribution in [-0.4, -0.2) is 51.8 Å². The fourth-order valence-electron chi connectivity index (χ4n) is 7.04. The predicted molar refractivity (Wildman–Crippen MR) is 130 cm³/mol. The zero-order chi connectivity index (χ0) is 24.6. The number of ether oxygens (including phenoxy) is 1. The number of nitrogens with one attached hydrogen (secondary N) is 2. The molecule has 1 spiro atoms. The van der Waals surface area contributed by atoms with Crippen LogP contribution in [0.2, 0.25) is 0 Å². The SMILES string of the molecule is C[C@H]1C(=O)C[C@@H](c2ccco2)N2C(=O)[C@@H]3[C@H](C(=O)NCCc4c[nH]c5ccccc45)[C@H]4C=C[C@@]3(O4)[C@@H]12. The number of para-hydroxylation sites is 1. The highest BCUT2D eigenvalue weighted by molar-refractivity contribution is 5.96. The third kappa shape index (κ3) is 2.82. The van der Waals surface area contributed by atoms with Crippen molar-refractivity contribution in [2.45, 2.75) is 43.6 Å². The van der Waals surface area contributed by atoms with Crippen molar-refractivity contribution in [2.24, 2.45) is 17.8 Å². The van der Waals surface area contributed by atoms with Gasteiger partial charge in [0.1, 0.15) is 17.1 Å². The van der Waals surface area contributed by atoms with Crippen LogP contribution >= 0.6 is 0 Å². The molecule has 0 unspecified atom stereocenters. The summed E-state index contributed by atoms with van der Waals surface area (Å²) in [5.41, 5.74) is 1.23. The second kappa shape index (κ2) is 7.67. The van der Waals surface area contributed by atoms with Gasteiger partial charge in [-0.1, -0.05) is 37.3 Å². The van der Waals surface area contributed by atoms with E-state index in [4.69, 9.17) is 9.15 Å². The van der Waals surface area contributed by atoms with Gasteiger partial charge in [0.2, 0.25) is 11.8 Å². The third-order valence-electron chi connectivity index (χ3n) is 8.62. The number of hydrogen-bond donors (Lipinski definition) is 2. The number of fused-ring (bicyclic) bond motifs is 3. The van der Waals surface area contributed by atoms with Crippen molar-refractivity contribution in [3.8, 4) is 0 Å². The summed E-state index contributed by atoms with van der Waals surface area (Å²) in [5.74, 6) is -1.33. The number of furan rings is 1. The largest absolute Gasteiger partial charge is 0.467 e. The summed E-state index contributed by atoms with van der Waals surface area (Å²) < 4.78 is 12.0. The Balaban J connectivity index is 1.15. The zero-order valence-electron chi connectivity index (χ0n) is 19.8. The first-order valence-electron chi connectivity index (χ1n) is 12.6. The molecule has 4 aliphatic rings. The highest BCUT2D eigenvalue weighted by Crippen LogP contribution is 2.59. The Morgan fingerprint density at radius 1 is 1.22 bits per heavy atom. The molecule has 4 aliphatic heterocycles. The molecule has 3 saturated heterocycles. The summed E-state index contributed by atoms with van der Waals surface area (Å²) in [6.45, 7) is 2.32. The van der Waals surface area contributed by atoms with Gasteiger partial charge in [0.15, 0.2) is 0 Å². The minimum atomic E-state index is -0.971. The van der Waals surface area contributed by atoms with Crippen molar-refractivity contribution < 1.29 is 23.5 Å². The number of hydrogen-bond acceptors (Lipinski definition) is 5. The minimum Gasteiger partial charge on any atom is -0.467 e. The molecule has 2 bridgehead atoms. The maximum absolute atomic E-state index is 14.0. The summed E-state index contributed by atoms with van der Waals surface area (Å²) >= 11 is 0. The van der Waals surface area contributed by atoms with E-state index in [-0.39, 0.29) is 24.0 Å². The quantitative estimate of drug-likeness (QED) is 0.541. The van der Waals surface area contributed by atoms with Crippen molar-refractivity contribution in [1.82, 2.24) is 15.2 Å². The first-order valence-corrected chi connectivity index (χ1v) is 12.6. The van der Waals surface area contributed by atoms with E-state index < -0.39 is 41.5 Å². The molecule has 7 rings (SSSR count). The lowest BCUT2D eigenvalue weighted by molar-refractivity contribution is -0.148. The standard InChI is InChI=1S/C28H27N3O5/c1-15-20(32)13-19(21-7-4-12-35-21)31-25(15)28-10-8-22(36-28)23(24(28)27(31)34)26(33)29-11-9-16-14-30-18-6-3-2-5-17(16)18/h2-8,10,12,14-15,19,22-25,30H,9,11,13H2,1H3,(H,29,33)/t15-,19-,22+,23+,24-,25+,28-/m0/s1. The molecule has 7 atom stereocenters. The lowest BCUT2D eigenvalue weighted by Gasteiger charge is -2.43.